The molecular weight excluding hydrogens is 269 g/mol. The SMILES string of the molecule is Cc1cc(OC(C)C(F)(F)F)c(CNC(C)(C)C)cn1. The van der Waals surface area contributed by atoms with E-state index in [4.69, 9.17) is 4.74 Å². The first-order valence-electron chi connectivity index (χ1n) is 6.43. The Kier molecular flexibility index (Phi) is 5.02. The summed E-state index contributed by atoms with van der Waals surface area (Å²) >= 11 is 0. The lowest BCUT2D eigenvalue weighted by atomic mass is 10.1. The summed E-state index contributed by atoms with van der Waals surface area (Å²) in [6.45, 7) is 9.05. The van der Waals surface area contributed by atoms with Crippen molar-refractivity contribution in [1.29, 1.82) is 0 Å². The standard InChI is InChI=1S/C14H21F3N2O/c1-9-6-12(20-10(2)14(15,16)17)11(7-18-9)8-19-13(3,4)5/h6-7,10,19H,8H2,1-5H3. The van der Waals surface area contributed by atoms with E-state index in [2.05, 4.69) is 10.3 Å². The first-order chi connectivity index (χ1) is 8.99. The van der Waals surface area contributed by atoms with Crippen LogP contribution in [0.5, 0.6) is 5.75 Å². The maximum Gasteiger partial charge on any atom is 0.425 e. The van der Waals surface area contributed by atoms with Gasteiger partial charge in [-0.05, 0) is 34.6 Å². The minimum absolute atomic E-state index is 0.141. The van der Waals surface area contributed by atoms with Gasteiger partial charge in [-0.25, -0.2) is 0 Å². The maximum atomic E-state index is 12.6. The van der Waals surface area contributed by atoms with E-state index in [9.17, 15) is 13.2 Å². The number of nitrogens with zero attached hydrogens (tertiary/aromatic N) is 1. The molecule has 1 rings (SSSR count). The molecule has 0 saturated carbocycles. The van der Waals surface area contributed by atoms with Gasteiger partial charge in [-0.1, -0.05) is 0 Å². The maximum absolute atomic E-state index is 12.6. The van der Waals surface area contributed by atoms with Crippen LogP contribution in [0.25, 0.3) is 0 Å². The smallest absolute Gasteiger partial charge is 0.425 e. The molecule has 0 aliphatic carbocycles. The Morgan fingerprint density at radius 3 is 2.40 bits per heavy atom. The van der Waals surface area contributed by atoms with Gasteiger partial charge in [-0.15, -0.1) is 0 Å². The van der Waals surface area contributed by atoms with Crippen LogP contribution in [0.15, 0.2) is 12.3 Å². The number of rotatable bonds is 4. The zero-order valence-electron chi connectivity index (χ0n) is 12.4. The number of hydrogen-bond donors (Lipinski definition) is 1. The van der Waals surface area contributed by atoms with Crippen LogP contribution in [-0.4, -0.2) is 22.8 Å². The van der Waals surface area contributed by atoms with Crippen LogP contribution >= 0.6 is 0 Å². The van der Waals surface area contributed by atoms with Crippen molar-refractivity contribution in [2.75, 3.05) is 0 Å². The summed E-state index contributed by atoms with van der Waals surface area (Å²) in [6.07, 6.45) is -4.68. The Morgan fingerprint density at radius 1 is 1.30 bits per heavy atom. The van der Waals surface area contributed by atoms with Gasteiger partial charge in [0.05, 0.1) is 0 Å². The fourth-order valence-electron chi connectivity index (χ4n) is 1.42. The predicted octanol–water partition coefficient (Wildman–Crippen LogP) is 3.61. The molecule has 1 heterocycles. The third kappa shape index (κ3) is 5.36. The minimum Gasteiger partial charge on any atom is -0.481 e. The number of aromatic nitrogens is 1. The van der Waals surface area contributed by atoms with Gasteiger partial charge in [0.1, 0.15) is 5.75 Å². The van der Waals surface area contributed by atoms with Crippen LogP contribution in [0.1, 0.15) is 39.0 Å². The molecule has 20 heavy (non-hydrogen) atoms. The van der Waals surface area contributed by atoms with Gasteiger partial charge in [-0.2, -0.15) is 13.2 Å². The number of hydrogen-bond acceptors (Lipinski definition) is 3. The number of ether oxygens (including phenoxy) is 1. The van der Waals surface area contributed by atoms with E-state index in [1.54, 1.807) is 13.1 Å². The molecule has 0 amide bonds. The average molecular weight is 290 g/mol. The lowest BCUT2D eigenvalue weighted by molar-refractivity contribution is -0.189. The molecule has 0 radical (unpaired) electrons. The summed E-state index contributed by atoms with van der Waals surface area (Å²) in [5.74, 6) is 0.221. The largest absolute Gasteiger partial charge is 0.481 e. The fraction of sp³-hybridized carbons (Fsp3) is 0.643. The summed E-state index contributed by atoms with van der Waals surface area (Å²) in [7, 11) is 0. The highest BCUT2D eigenvalue weighted by atomic mass is 19.4. The van der Waals surface area contributed by atoms with Crippen LogP contribution in [-0.2, 0) is 6.54 Å². The first-order valence-corrected chi connectivity index (χ1v) is 6.43. The van der Waals surface area contributed by atoms with Crippen LogP contribution in [0.2, 0.25) is 0 Å². The molecule has 0 aliphatic rings. The van der Waals surface area contributed by atoms with Crippen molar-refractivity contribution in [3.8, 4) is 5.75 Å². The molecule has 0 saturated heterocycles. The number of halogens is 3. The van der Waals surface area contributed by atoms with Gasteiger partial charge in [0.2, 0.25) is 0 Å². The van der Waals surface area contributed by atoms with E-state index in [0.29, 0.717) is 17.8 Å². The molecule has 1 unspecified atom stereocenters. The Hall–Kier alpha value is -1.30. The van der Waals surface area contributed by atoms with Crippen molar-refractivity contribution in [1.82, 2.24) is 10.3 Å². The minimum atomic E-state index is -4.38. The Bertz CT molecular complexity index is 453. The zero-order valence-corrected chi connectivity index (χ0v) is 12.4. The fourth-order valence-corrected chi connectivity index (χ4v) is 1.42. The Morgan fingerprint density at radius 2 is 1.90 bits per heavy atom. The first kappa shape index (κ1) is 16.8. The Labute approximate surface area is 117 Å². The topological polar surface area (TPSA) is 34.1 Å². The summed E-state index contributed by atoms with van der Waals surface area (Å²) in [4.78, 5) is 4.11. The van der Waals surface area contributed by atoms with Gasteiger partial charge in [-0.3, -0.25) is 4.98 Å². The second-order valence-corrected chi connectivity index (χ2v) is 5.84. The molecule has 114 valence electrons. The average Bonchev–Trinajstić information content (AvgIpc) is 2.25. The zero-order chi connectivity index (χ0) is 15.6. The molecule has 0 aliphatic heterocycles. The molecule has 0 spiro atoms. The molecular formula is C14H21F3N2O. The summed E-state index contributed by atoms with van der Waals surface area (Å²) < 4.78 is 42.8. The third-order valence-corrected chi connectivity index (χ3v) is 2.65. The van der Waals surface area contributed by atoms with E-state index in [-0.39, 0.29) is 11.3 Å². The predicted molar refractivity (Wildman–Crippen MR) is 71.7 cm³/mol. The van der Waals surface area contributed by atoms with E-state index < -0.39 is 12.3 Å². The normalized spacial score (nSPS) is 14.2. The van der Waals surface area contributed by atoms with Crippen LogP contribution in [0.3, 0.4) is 0 Å². The molecule has 0 aromatic carbocycles. The molecule has 1 N–H and O–H groups in total. The van der Waals surface area contributed by atoms with Crippen molar-refractivity contribution in [2.45, 2.75) is 59.0 Å². The highest BCUT2D eigenvalue weighted by molar-refractivity contribution is 5.33. The van der Waals surface area contributed by atoms with Gasteiger partial charge < -0.3 is 10.1 Å². The van der Waals surface area contributed by atoms with Crippen molar-refractivity contribution < 1.29 is 17.9 Å². The second-order valence-electron chi connectivity index (χ2n) is 5.84. The van der Waals surface area contributed by atoms with Crippen LogP contribution < -0.4 is 10.1 Å². The van der Waals surface area contributed by atoms with E-state index in [1.165, 1.54) is 6.07 Å². The van der Waals surface area contributed by atoms with Crippen LogP contribution in [0.4, 0.5) is 13.2 Å². The highest BCUT2D eigenvalue weighted by Crippen LogP contribution is 2.27. The van der Waals surface area contributed by atoms with Crippen molar-refractivity contribution in [3.05, 3.63) is 23.5 Å². The van der Waals surface area contributed by atoms with Crippen molar-refractivity contribution in [2.24, 2.45) is 0 Å². The molecule has 3 nitrogen and oxygen atoms in total. The summed E-state index contributed by atoms with van der Waals surface area (Å²) in [5.41, 5.74) is 1.09. The van der Waals surface area contributed by atoms with E-state index in [0.717, 1.165) is 6.92 Å². The van der Waals surface area contributed by atoms with Crippen molar-refractivity contribution in [3.63, 3.8) is 0 Å². The van der Waals surface area contributed by atoms with Gasteiger partial charge in [0, 0.05) is 35.6 Å². The molecule has 0 bridgehead atoms. The number of pyridine rings is 1. The summed E-state index contributed by atoms with van der Waals surface area (Å²) in [6, 6.07) is 1.53. The second kappa shape index (κ2) is 5.99. The highest BCUT2D eigenvalue weighted by Gasteiger charge is 2.38. The monoisotopic (exact) mass is 290 g/mol. The number of alkyl halides is 3. The lowest BCUT2D eigenvalue weighted by Crippen LogP contribution is -2.36. The Balaban J connectivity index is 2.91. The lowest BCUT2D eigenvalue weighted by Gasteiger charge is -2.23. The molecule has 6 heteroatoms. The third-order valence-electron chi connectivity index (χ3n) is 2.65. The van der Waals surface area contributed by atoms with Crippen LogP contribution in [0, 0.1) is 6.92 Å². The van der Waals surface area contributed by atoms with Gasteiger partial charge >= 0.3 is 6.18 Å². The summed E-state index contributed by atoms with van der Waals surface area (Å²) in [5, 5.41) is 3.21. The van der Waals surface area contributed by atoms with Crippen molar-refractivity contribution >= 4 is 0 Å². The van der Waals surface area contributed by atoms with Gasteiger partial charge in [0.25, 0.3) is 0 Å². The molecule has 1 atom stereocenters. The molecule has 1 aromatic heterocycles. The van der Waals surface area contributed by atoms with E-state index in [1.807, 2.05) is 20.8 Å². The molecule has 0 fully saturated rings. The number of nitrogens with one attached hydrogen (secondary N) is 1. The van der Waals surface area contributed by atoms with Gasteiger partial charge in [0.15, 0.2) is 6.10 Å². The quantitative estimate of drug-likeness (QED) is 0.920. The number of aryl methyl sites for hydroxylation is 1. The molecule has 1 aromatic rings. The van der Waals surface area contributed by atoms with E-state index >= 15 is 0 Å².